The van der Waals surface area contributed by atoms with E-state index < -0.39 is 25.6 Å². The molecule has 0 aliphatic rings. The molecule has 0 spiro atoms. The molecule has 0 aliphatic carbocycles. The van der Waals surface area contributed by atoms with Gasteiger partial charge >= 0.3 is 15.5 Å². The third kappa shape index (κ3) is 4.99. The van der Waals surface area contributed by atoms with Crippen LogP contribution in [-0.4, -0.2) is 38.6 Å². The van der Waals surface area contributed by atoms with Crippen molar-refractivity contribution in [3.63, 3.8) is 0 Å². The maximum absolute atomic E-state index is 12.5. The minimum atomic E-state index is -5.51. The normalized spacial score (nSPS) is 12.6. The molecular formula is C21H17F3N4O4S2. The molecule has 4 rings (SSSR count). The number of anilines is 2. The first-order chi connectivity index (χ1) is 15.8. The molecule has 1 aromatic heterocycles. The molecule has 34 heavy (non-hydrogen) atoms. The van der Waals surface area contributed by atoms with Crippen molar-refractivity contribution in [2.24, 2.45) is 0 Å². The number of aromatic nitrogens is 2. The van der Waals surface area contributed by atoms with Gasteiger partial charge in [0.1, 0.15) is 5.82 Å². The van der Waals surface area contributed by atoms with Gasteiger partial charge in [0.25, 0.3) is 0 Å². The summed E-state index contributed by atoms with van der Waals surface area (Å²) in [6.45, 7) is 0. The van der Waals surface area contributed by atoms with E-state index in [-0.39, 0.29) is 5.69 Å². The summed E-state index contributed by atoms with van der Waals surface area (Å²) in [6.07, 6.45) is 1.06. The van der Waals surface area contributed by atoms with E-state index in [1.807, 2.05) is 0 Å². The van der Waals surface area contributed by atoms with Crippen molar-refractivity contribution in [1.82, 2.24) is 9.97 Å². The molecule has 3 N–H and O–H groups in total. The Kier molecular flexibility index (Phi) is 5.77. The zero-order valence-electron chi connectivity index (χ0n) is 17.4. The van der Waals surface area contributed by atoms with Gasteiger partial charge < -0.3 is 4.98 Å². The van der Waals surface area contributed by atoms with Crippen molar-refractivity contribution in [2.75, 3.05) is 15.7 Å². The number of rotatable bonds is 6. The van der Waals surface area contributed by atoms with Gasteiger partial charge in [-0.2, -0.15) is 21.6 Å². The highest BCUT2D eigenvalue weighted by Gasteiger charge is 2.46. The Labute approximate surface area is 193 Å². The zero-order chi connectivity index (χ0) is 24.7. The number of H-pyrrole nitrogens is 1. The van der Waals surface area contributed by atoms with E-state index in [2.05, 4.69) is 14.7 Å². The van der Waals surface area contributed by atoms with E-state index in [0.29, 0.717) is 33.7 Å². The molecule has 4 aromatic rings. The maximum Gasteiger partial charge on any atom is 0.516 e. The Balaban J connectivity index is 1.64. The third-order valence-corrected chi connectivity index (χ3v) is 6.44. The second-order valence-corrected chi connectivity index (χ2v) is 10.8. The van der Waals surface area contributed by atoms with E-state index in [4.69, 9.17) is 0 Å². The number of imidazole rings is 1. The summed E-state index contributed by atoms with van der Waals surface area (Å²) in [5, 5.41) is 0. The van der Waals surface area contributed by atoms with Gasteiger partial charge in [-0.1, -0.05) is 24.3 Å². The average Bonchev–Trinajstić information content (AvgIpc) is 3.16. The topological polar surface area (TPSA) is 121 Å². The largest absolute Gasteiger partial charge is 0.516 e. The molecule has 0 fully saturated rings. The second-order valence-electron chi connectivity index (χ2n) is 7.37. The lowest BCUT2D eigenvalue weighted by molar-refractivity contribution is -0.0429. The van der Waals surface area contributed by atoms with Crippen molar-refractivity contribution < 1.29 is 30.0 Å². The molecule has 0 saturated carbocycles. The Morgan fingerprint density at radius 3 is 2.15 bits per heavy atom. The van der Waals surface area contributed by atoms with Gasteiger partial charge in [0.2, 0.25) is 10.0 Å². The number of para-hydroxylation sites is 1. The molecule has 13 heteroatoms. The molecule has 0 amide bonds. The average molecular weight is 511 g/mol. The minimum Gasteiger partial charge on any atom is -0.338 e. The number of halogens is 3. The van der Waals surface area contributed by atoms with Gasteiger partial charge in [-0.05, 0) is 48.0 Å². The molecule has 0 unspecified atom stereocenters. The fourth-order valence-corrected chi connectivity index (χ4v) is 4.39. The van der Waals surface area contributed by atoms with Crippen LogP contribution in [0, 0.1) is 0 Å². The van der Waals surface area contributed by atoms with Crippen LogP contribution in [-0.2, 0) is 20.0 Å². The Morgan fingerprint density at radius 1 is 0.853 bits per heavy atom. The fourth-order valence-electron chi connectivity index (χ4n) is 3.25. The SMILES string of the molecule is CS(=O)(=O)Nc1ccccc1-c1ccc2nc(-c3ccc(NS(=O)(=O)C(F)(F)F)cc3)[nH]c2c1. The molecule has 0 atom stereocenters. The van der Waals surface area contributed by atoms with E-state index in [1.165, 1.54) is 29.0 Å². The predicted molar refractivity (Wildman–Crippen MR) is 124 cm³/mol. The summed E-state index contributed by atoms with van der Waals surface area (Å²) in [4.78, 5) is 7.57. The van der Waals surface area contributed by atoms with Crippen LogP contribution in [0.4, 0.5) is 24.5 Å². The smallest absolute Gasteiger partial charge is 0.338 e. The van der Waals surface area contributed by atoms with Crippen molar-refractivity contribution >= 4 is 42.5 Å². The Bertz CT molecular complexity index is 1580. The number of nitrogens with zero attached hydrogens (tertiary/aromatic N) is 1. The number of sulfonamides is 2. The van der Waals surface area contributed by atoms with Crippen molar-refractivity contribution in [2.45, 2.75) is 5.51 Å². The summed E-state index contributed by atoms with van der Waals surface area (Å²) in [5.41, 5.74) is -2.09. The van der Waals surface area contributed by atoms with Crippen molar-refractivity contribution in [3.05, 3.63) is 66.7 Å². The first-order valence-corrected chi connectivity index (χ1v) is 13.0. The summed E-state index contributed by atoms with van der Waals surface area (Å²) < 4.78 is 87.5. The molecule has 0 aliphatic heterocycles. The van der Waals surface area contributed by atoms with Crippen LogP contribution in [0.2, 0.25) is 0 Å². The number of hydrogen-bond acceptors (Lipinski definition) is 5. The minimum absolute atomic E-state index is 0.241. The van der Waals surface area contributed by atoms with Gasteiger partial charge in [-0.25, -0.2) is 13.4 Å². The van der Waals surface area contributed by atoms with Gasteiger partial charge in [0.05, 0.1) is 23.0 Å². The van der Waals surface area contributed by atoms with Crippen molar-refractivity contribution in [1.29, 1.82) is 0 Å². The summed E-state index contributed by atoms with van der Waals surface area (Å²) in [7, 11) is -8.99. The van der Waals surface area contributed by atoms with E-state index >= 15 is 0 Å². The number of alkyl halides is 3. The predicted octanol–water partition coefficient (Wildman–Crippen LogP) is 4.53. The lowest BCUT2D eigenvalue weighted by Crippen LogP contribution is -2.29. The molecule has 0 bridgehead atoms. The Morgan fingerprint density at radius 2 is 1.50 bits per heavy atom. The number of hydrogen-bond donors (Lipinski definition) is 3. The second kappa shape index (κ2) is 8.33. The van der Waals surface area contributed by atoms with E-state index in [0.717, 1.165) is 11.8 Å². The molecule has 0 saturated heterocycles. The molecule has 1 heterocycles. The van der Waals surface area contributed by atoms with Gasteiger partial charge in [0.15, 0.2) is 0 Å². The van der Waals surface area contributed by atoms with Gasteiger partial charge in [-0.15, -0.1) is 0 Å². The summed E-state index contributed by atoms with van der Waals surface area (Å²) >= 11 is 0. The maximum atomic E-state index is 12.5. The molecule has 0 radical (unpaired) electrons. The standard InChI is InChI=1S/C21H17F3N4O4S2/c1-33(29,30)28-17-5-3-2-4-16(17)14-8-11-18-19(12-14)26-20(25-18)13-6-9-15(10-7-13)27-34(31,32)21(22,23)24/h2-12,27-28H,1H3,(H,25,26). The van der Waals surface area contributed by atoms with Gasteiger partial charge in [-0.3, -0.25) is 9.44 Å². The van der Waals surface area contributed by atoms with Crippen molar-refractivity contribution in [3.8, 4) is 22.5 Å². The van der Waals surface area contributed by atoms with Crippen LogP contribution in [0.15, 0.2) is 66.7 Å². The summed E-state index contributed by atoms with van der Waals surface area (Å²) in [5.74, 6) is 0.417. The quantitative estimate of drug-likeness (QED) is 0.352. The van der Waals surface area contributed by atoms with E-state index in [1.54, 1.807) is 42.5 Å². The number of fused-ring (bicyclic) bond motifs is 1. The van der Waals surface area contributed by atoms with Crippen LogP contribution < -0.4 is 9.44 Å². The van der Waals surface area contributed by atoms with Crippen LogP contribution in [0.5, 0.6) is 0 Å². The molecule has 8 nitrogen and oxygen atoms in total. The monoisotopic (exact) mass is 510 g/mol. The molecule has 3 aromatic carbocycles. The number of nitrogens with one attached hydrogen (secondary N) is 3. The van der Waals surface area contributed by atoms with E-state index in [9.17, 15) is 30.0 Å². The van der Waals surface area contributed by atoms with Crippen LogP contribution in [0.1, 0.15) is 0 Å². The molecular weight excluding hydrogens is 493 g/mol. The summed E-state index contributed by atoms with van der Waals surface area (Å²) in [6, 6.07) is 17.5. The van der Waals surface area contributed by atoms with Crippen LogP contribution in [0.3, 0.4) is 0 Å². The van der Waals surface area contributed by atoms with Crippen LogP contribution in [0.25, 0.3) is 33.5 Å². The Hall–Kier alpha value is -3.58. The highest BCUT2D eigenvalue weighted by Crippen LogP contribution is 2.32. The third-order valence-electron chi connectivity index (χ3n) is 4.73. The first kappa shape index (κ1) is 23.6. The lowest BCUT2D eigenvalue weighted by Gasteiger charge is -2.10. The number of benzene rings is 3. The number of aromatic amines is 1. The van der Waals surface area contributed by atoms with Gasteiger partial charge in [0, 0.05) is 16.8 Å². The highest BCUT2D eigenvalue weighted by atomic mass is 32.2. The van der Waals surface area contributed by atoms with Crippen LogP contribution >= 0.6 is 0 Å². The highest BCUT2D eigenvalue weighted by molar-refractivity contribution is 7.93. The molecule has 178 valence electrons. The lowest BCUT2D eigenvalue weighted by atomic mass is 10.0. The fraction of sp³-hybridized carbons (Fsp3) is 0.0952. The zero-order valence-corrected chi connectivity index (χ0v) is 19.0. The first-order valence-electron chi connectivity index (χ1n) is 9.59.